The number of hydrogen-bond donors (Lipinski definition) is 2. The highest BCUT2D eigenvalue weighted by Gasteiger charge is 2.10. The number of rotatable bonds is 7. The molecule has 28 heavy (non-hydrogen) atoms. The van der Waals surface area contributed by atoms with E-state index in [1.165, 1.54) is 6.26 Å². The summed E-state index contributed by atoms with van der Waals surface area (Å²) in [6, 6.07) is 6.94. The van der Waals surface area contributed by atoms with Crippen LogP contribution in [0, 0.1) is 13.8 Å². The van der Waals surface area contributed by atoms with Gasteiger partial charge in [-0.05, 0) is 38.0 Å². The van der Waals surface area contributed by atoms with Gasteiger partial charge in [0.15, 0.2) is 15.8 Å². The topological polar surface area (TPSA) is 92.7 Å². The molecule has 1 aromatic heterocycles. The van der Waals surface area contributed by atoms with Crippen molar-refractivity contribution in [3.8, 4) is 5.75 Å². The van der Waals surface area contributed by atoms with Crippen LogP contribution in [-0.4, -0.2) is 46.3 Å². The number of methoxy groups -OCH3 is 1. The number of aryl methyl sites for hydroxylation is 1. The fraction of sp³-hybridized carbons (Fsp3) is 0.400. The molecule has 0 saturated heterocycles. The second-order valence-electron chi connectivity index (χ2n) is 6.56. The Morgan fingerprint density at radius 2 is 1.86 bits per heavy atom. The Hall–Kier alpha value is -2.61. The highest BCUT2D eigenvalue weighted by molar-refractivity contribution is 7.90. The van der Waals surface area contributed by atoms with Gasteiger partial charge in [0.2, 0.25) is 0 Å². The summed E-state index contributed by atoms with van der Waals surface area (Å²) in [7, 11) is 0.215. The zero-order valence-electron chi connectivity index (χ0n) is 17.0. The second-order valence-corrected chi connectivity index (χ2v) is 8.58. The van der Waals surface area contributed by atoms with Crippen LogP contribution < -0.4 is 15.4 Å². The van der Waals surface area contributed by atoms with Gasteiger partial charge in [-0.15, -0.1) is 0 Å². The lowest BCUT2D eigenvalue weighted by Gasteiger charge is -2.15. The first-order valence-electron chi connectivity index (χ1n) is 8.98. The second kappa shape index (κ2) is 9.54. The molecular weight excluding hydrogens is 376 g/mol. The van der Waals surface area contributed by atoms with E-state index in [1.54, 1.807) is 32.5 Å². The van der Waals surface area contributed by atoms with Crippen molar-refractivity contribution >= 4 is 15.8 Å². The average molecular weight is 405 g/mol. The highest BCUT2D eigenvalue weighted by Crippen LogP contribution is 2.23. The Morgan fingerprint density at radius 3 is 2.43 bits per heavy atom. The summed E-state index contributed by atoms with van der Waals surface area (Å²) < 4.78 is 28.5. The largest absolute Gasteiger partial charge is 0.496 e. The molecule has 1 heterocycles. The normalized spacial score (nSPS) is 12.0. The predicted molar refractivity (Wildman–Crippen MR) is 112 cm³/mol. The number of guanidine groups is 1. The molecule has 0 aliphatic carbocycles. The molecule has 0 aliphatic heterocycles. The van der Waals surface area contributed by atoms with Crippen LogP contribution in [0.4, 0.5) is 0 Å². The van der Waals surface area contributed by atoms with E-state index in [0.29, 0.717) is 23.9 Å². The van der Waals surface area contributed by atoms with Crippen molar-refractivity contribution < 1.29 is 13.2 Å². The fourth-order valence-electron chi connectivity index (χ4n) is 2.87. The smallest absolute Gasteiger partial charge is 0.191 e. The van der Waals surface area contributed by atoms with Crippen molar-refractivity contribution in [2.75, 3.05) is 27.0 Å². The maximum atomic E-state index is 11.5. The highest BCUT2D eigenvalue weighted by atomic mass is 32.2. The lowest BCUT2D eigenvalue weighted by molar-refractivity contribution is 0.406. The number of pyridine rings is 1. The molecule has 8 heteroatoms. The molecular formula is C20H28N4O3S. The molecule has 0 fully saturated rings. The summed E-state index contributed by atoms with van der Waals surface area (Å²) in [6.45, 7) is 5.16. The number of benzene rings is 1. The van der Waals surface area contributed by atoms with Gasteiger partial charge in [-0.25, -0.2) is 8.42 Å². The van der Waals surface area contributed by atoms with Crippen LogP contribution in [0.25, 0.3) is 0 Å². The third-order valence-corrected chi connectivity index (χ3v) is 5.58. The molecule has 2 rings (SSSR count). The predicted octanol–water partition coefficient (Wildman–Crippen LogP) is 2.02. The zero-order valence-corrected chi connectivity index (χ0v) is 17.9. The Bertz CT molecular complexity index is 939. The number of aliphatic imine (C=N–C) groups is 1. The maximum absolute atomic E-state index is 11.5. The molecule has 0 aliphatic rings. The quantitative estimate of drug-likeness (QED) is 0.542. The van der Waals surface area contributed by atoms with Gasteiger partial charge in [-0.3, -0.25) is 9.98 Å². The van der Waals surface area contributed by atoms with E-state index in [1.807, 2.05) is 26.0 Å². The molecule has 7 nitrogen and oxygen atoms in total. The number of aromatic nitrogens is 1. The molecule has 0 unspecified atom stereocenters. The van der Waals surface area contributed by atoms with Gasteiger partial charge >= 0.3 is 0 Å². The SMILES string of the molecule is CN=C(NCCc1ccc(S(C)(=O)=O)cc1)NCc1ncc(C)c(OC)c1C. The molecule has 152 valence electrons. The van der Waals surface area contributed by atoms with Crippen molar-refractivity contribution in [3.63, 3.8) is 0 Å². The average Bonchev–Trinajstić information content (AvgIpc) is 2.66. The molecule has 1 aromatic carbocycles. The molecule has 0 radical (unpaired) electrons. The van der Waals surface area contributed by atoms with Crippen LogP contribution in [0.1, 0.15) is 22.4 Å². The van der Waals surface area contributed by atoms with Gasteiger partial charge in [0.05, 0.1) is 24.2 Å². The van der Waals surface area contributed by atoms with Gasteiger partial charge in [0, 0.05) is 37.2 Å². The maximum Gasteiger partial charge on any atom is 0.191 e. The standard InChI is InChI=1S/C20H28N4O3S/c1-14-12-23-18(15(2)19(14)27-4)13-24-20(21-3)22-11-10-16-6-8-17(9-7-16)28(5,25)26/h6-9,12H,10-11,13H2,1-5H3,(H2,21,22,24). The van der Waals surface area contributed by atoms with E-state index in [4.69, 9.17) is 4.74 Å². The van der Waals surface area contributed by atoms with Gasteiger partial charge in [0.25, 0.3) is 0 Å². The molecule has 0 spiro atoms. The number of hydrogen-bond acceptors (Lipinski definition) is 5. The molecule has 0 saturated carbocycles. The summed E-state index contributed by atoms with van der Waals surface area (Å²) >= 11 is 0. The fourth-order valence-corrected chi connectivity index (χ4v) is 3.50. The number of ether oxygens (including phenoxy) is 1. The van der Waals surface area contributed by atoms with Crippen LogP contribution in [0.3, 0.4) is 0 Å². The Labute approximate surface area is 167 Å². The summed E-state index contributed by atoms with van der Waals surface area (Å²) in [5.74, 6) is 1.53. The summed E-state index contributed by atoms with van der Waals surface area (Å²) in [6.07, 6.45) is 3.76. The molecule has 2 aromatic rings. The van der Waals surface area contributed by atoms with Gasteiger partial charge in [-0.2, -0.15) is 0 Å². The Kier molecular flexibility index (Phi) is 7.39. The van der Waals surface area contributed by atoms with E-state index in [2.05, 4.69) is 20.6 Å². The molecule has 2 N–H and O–H groups in total. The summed E-state index contributed by atoms with van der Waals surface area (Å²) in [5, 5.41) is 6.51. The number of sulfone groups is 1. The van der Waals surface area contributed by atoms with E-state index in [9.17, 15) is 8.42 Å². The third kappa shape index (κ3) is 5.69. The van der Waals surface area contributed by atoms with Gasteiger partial charge < -0.3 is 15.4 Å². The van der Waals surface area contributed by atoms with Crippen LogP contribution in [0.5, 0.6) is 5.75 Å². The van der Waals surface area contributed by atoms with Gasteiger partial charge in [0.1, 0.15) is 5.75 Å². The lowest BCUT2D eigenvalue weighted by atomic mass is 10.1. The summed E-state index contributed by atoms with van der Waals surface area (Å²) in [5.41, 5.74) is 3.97. The van der Waals surface area contributed by atoms with Crippen molar-refractivity contribution in [2.45, 2.75) is 31.7 Å². The van der Waals surface area contributed by atoms with Crippen LogP contribution >= 0.6 is 0 Å². The first kappa shape index (κ1) is 21.7. The van der Waals surface area contributed by atoms with Crippen LogP contribution in [0.15, 0.2) is 40.4 Å². The number of nitrogens with one attached hydrogen (secondary N) is 2. The van der Waals surface area contributed by atoms with Crippen molar-refractivity contribution in [2.24, 2.45) is 4.99 Å². The van der Waals surface area contributed by atoms with E-state index in [0.717, 1.165) is 34.6 Å². The summed E-state index contributed by atoms with van der Waals surface area (Å²) in [4.78, 5) is 9.03. The van der Waals surface area contributed by atoms with Crippen molar-refractivity contribution in [3.05, 3.63) is 52.8 Å². The Morgan fingerprint density at radius 1 is 1.18 bits per heavy atom. The number of nitrogens with zero attached hydrogens (tertiary/aromatic N) is 2. The van der Waals surface area contributed by atoms with Crippen LogP contribution in [-0.2, 0) is 22.8 Å². The first-order valence-corrected chi connectivity index (χ1v) is 10.9. The van der Waals surface area contributed by atoms with E-state index < -0.39 is 9.84 Å². The van der Waals surface area contributed by atoms with Gasteiger partial charge in [-0.1, -0.05) is 12.1 Å². The lowest BCUT2D eigenvalue weighted by Crippen LogP contribution is -2.38. The van der Waals surface area contributed by atoms with E-state index >= 15 is 0 Å². The molecule has 0 amide bonds. The Balaban J connectivity index is 1.89. The van der Waals surface area contributed by atoms with Crippen molar-refractivity contribution in [1.29, 1.82) is 0 Å². The van der Waals surface area contributed by atoms with Crippen LogP contribution in [0.2, 0.25) is 0 Å². The van der Waals surface area contributed by atoms with Crippen molar-refractivity contribution in [1.82, 2.24) is 15.6 Å². The minimum atomic E-state index is -3.16. The third-order valence-electron chi connectivity index (χ3n) is 4.45. The molecule has 0 bridgehead atoms. The zero-order chi connectivity index (χ0) is 20.7. The first-order chi connectivity index (χ1) is 13.3. The molecule has 0 atom stereocenters. The minimum absolute atomic E-state index is 0.332. The monoisotopic (exact) mass is 404 g/mol. The van der Waals surface area contributed by atoms with E-state index in [-0.39, 0.29) is 0 Å². The minimum Gasteiger partial charge on any atom is -0.496 e.